The summed E-state index contributed by atoms with van der Waals surface area (Å²) in [6.45, 7) is 3.82. The monoisotopic (exact) mass is 288 g/mol. The van der Waals surface area contributed by atoms with Gasteiger partial charge in [-0.15, -0.1) is 0 Å². The number of aromatic nitrogens is 2. The summed E-state index contributed by atoms with van der Waals surface area (Å²) in [5.41, 5.74) is 2.21. The topological polar surface area (TPSA) is 49.3 Å². The van der Waals surface area contributed by atoms with Gasteiger partial charge in [0, 0.05) is 19.2 Å². The molecule has 0 radical (unpaired) electrons. The van der Waals surface area contributed by atoms with Crippen LogP contribution in [0.1, 0.15) is 36.9 Å². The third-order valence-electron chi connectivity index (χ3n) is 4.83. The average Bonchev–Trinajstić information content (AvgIpc) is 2.53. The van der Waals surface area contributed by atoms with Gasteiger partial charge in [-0.05, 0) is 57.3 Å². The number of hydrogen-bond donors (Lipinski definition) is 0. The summed E-state index contributed by atoms with van der Waals surface area (Å²) in [6.07, 6.45) is 8.54. The molecule has 0 aliphatic carbocycles. The maximum atomic E-state index is 12.4. The number of carbonyl (C=O) groups excluding carboxylic acids is 1. The first-order valence-electron chi connectivity index (χ1n) is 7.96. The van der Waals surface area contributed by atoms with Crippen LogP contribution in [0.5, 0.6) is 0 Å². The van der Waals surface area contributed by atoms with E-state index < -0.39 is 0 Å². The Hall–Kier alpha value is -1.49. The van der Waals surface area contributed by atoms with E-state index in [0.717, 1.165) is 31.0 Å². The van der Waals surface area contributed by atoms with Gasteiger partial charge in [-0.2, -0.15) is 0 Å². The Labute approximate surface area is 126 Å². The van der Waals surface area contributed by atoms with Crippen molar-refractivity contribution in [2.45, 2.75) is 38.6 Å². The van der Waals surface area contributed by atoms with Gasteiger partial charge in [-0.25, -0.2) is 9.97 Å². The van der Waals surface area contributed by atoms with Gasteiger partial charge in [-0.3, -0.25) is 4.79 Å². The molecule has 1 aromatic heterocycles. The van der Waals surface area contributed by atoms with Crippen LogP contribution < -0.4 is 0 Å². The highest BCUT2D eigenvalue weighted by molar-refractivity contribution is 5.76. The van der Waals surface area contributed by atoms with E-state index >= 15 is 0 Å². The van der Waals surface area contributed by atoms with Crippen LogP contribution in [0.15, 0.2) is 12.5 Å². The van der Waals surface area contributed by atoms with Crippen molar-refractivity contribution >= 4 is 5.91 Å². The molecule has 0 aromatic carbocycles. The van der Waals surface area contributed by atoms with Crippen molar-refractivity contribution < 1.29 is 4.79 Å². The van der Waals surface area contributed by atoms with Crippen LogP contribution in [0, 0.1) is 5.92 Å². The lowest BCUT2D eigenvalue weighted by Crippen LogP contribution is -2.37. The fraction of sp³-hybridized carbons (Fsp3) is 0.688. The molecule has 21 heavy (non-hydrogen) atoms. The number of fused-ring (bicyclic) bond motifs is 1. The third kappa shape index (κ3) is 3.59. The molecule has 5 nitrogen and oxygen atoms in total. The van der Waals surface area contributed by atoms with Crippen LogP contribution in [0.4, 0.5) is 0 Å². The van der Waals surface area contributed by atoms with Crippen molar-refractivity contribution in [1.29, 1.82) is 0 Å². The second-order valence-corrected chi connectivity index (χ2v) is 6.35. The Balaban J connectivity index is 1.48. The van der Waals surface area contributed by atoms with Crippen LogP contribution in [0.25, 0.3) is 0 Å². The van der Waals surface area contributed by atoms with Crippen LogP contribution >= 0.6 is 0 Å². The number of hydrogen-bond acceptors (Lipinski definition) is 4. The van der Waals surface area contributed by atoms with Gasteiger partial charge in [0.15, 0.2) is 0 Å². The summed E-state index contributed by atoms with van der Waals surface area (Å²) in [7, 11) is 2.18. The van der Waals surface area contributed by atoms with Crippen LogP contribution in [0.2, 0.25) is 0 Å². The van der Waals surface area contributed by atoms with Crippen molar-refractivity contribution in [2.75, 3.05) is 26.7 Å². The number of nitrogens with zero attached hydrogens (tertiary/aromatic N) is 4. The molecule has 1 fully saturated rings. The summed E-state index contributed by atoms with van der Waals surface area (Å²) < 4.78 is 0. The lowest BCUT2D eigenvalue weighted by atomic mass is 9.92. The molecule has 1 aromatic rings. The fourth-order valence-corrected chi connectivity index (χ4v) is 3.30. The van der Waals surface area contributed by atoms with Crippen molar-refractivity contribution in [3.8, 4) is 0 Å². The van der Waals surface area contributed by atoms with Crippen LogP contribution in [-0.2, 0) is 17.8 Å². The van der Waals surface area contributed by atoms with E-state index in [4.69, 9.17) is 0 Å². The average molecular weight is 288 g/mol. The smallest absolute Gasteiger partial charge is 0.222 e. The largest absolute Gasteiger partial charge is 0.336 e. The number of piperidine rings is 1. The van der Waals surface area contributed by atoms with Gasteiger partial charge in [0.2, 0.25) is 5.91 Å². The molecule has 0 bridgehead atoms. The Bertz CT molecular complexity index is 497. The van der Waals surface area contributed by atoms with Crippen molar-refractivity contribution in [3.05, 3.63) is 23.8 Å². The number of amides is 1. The Morgan fingerprint density at radius 1 is 1.33 bits per heavy atom. The molecular formula is C16H24N4O. The third-order valence-corrected chi connectivity index (χ3v) is 4.83. The van der Waals surface area contributed by atoms with E-state index in [9.17, 15) is 4.79 Å². The van der Waals surface area contributed by atoms with Gasteiger partial charge in [0.25, 0.3) is 0 Å². The molecule has 5 heteroatoms. The van der Waals surface area contributed by atoms with Gasteiger partial charge in [-0.1, -0.05) is 0 Å². The lowest BCUT2D eigenvalue weighted by Gasteiger charge is -2.30. The summed E-state index contributed by atoms with van der Waals surface area (Å²) in [5.74, 6) is 1.02. The predicted molar refractivity (Wildman–Crippen MR) is 80.6 cm³/mol. The first kappa shape index (κ1) is 14.4. The molecule has 3 heterocycles. The molecular weight excluding hydrogens is 264 g/mol. The molecule has 0 spiro atoms. The molecule has 1 saturated heterocycles. The van der Waals surface area contributed by atoms with Crippen molar-refractivity contribution in [2.24, 2.45) is 5.92 Å². The van der Waals surface area contributed by atoms with E-state index in [1.54, 1.807) is 6.33 Å². The van der Waals surface area contributed by atoms with Crippen LogP contribution in [-0.4, -0.2) is 52.4 Å². The molecule has 3 rings (SSSR count). The molecule has 0 N–H and O–H groups in total. The Morgan fingerprint density at radius 3 is 2.95 bits per heavy atom. The first-order valence-corrected chi connectivity index (χ1v) is 7.96. The van der Waals surface area contributed by atoms with E-state index in [0.29, 0.717) is 13.0 Å². The second-order valence-electron chi connectivity index (χ2n) is 6.35. The maximum absolute atomic E-state index is 12.4. The number of carbonyl (C=O) groups is 1. The standard InChI is InChI=1S/C16H24N4O/c1-19-7-4-13(5-8-19)2-3-16(21)20-9-6-14-10-17-12-18-15(14)11-20/h10,12-13H,2-9,11H2,1H3. The quantitative estimate of drug-likeness (QED) is 0.845. The summed E-state index contributed by atoms with van der Waals surface area (Å²) in [4.78, 5) is 25.1. The first-order chi connectivity index (χ1) is 10.2. The Kier molecular flexibility index (Phi) is 4.48. The molecule has 0 saturated carbocycles. The zero-order chi connectivity index (χ0) is 14.7. The minimum absolute atomic E-state index is 0.290. The lowest BCUT2D eigenvalue weighted by molar-refractivity contribution is -0.132. The van der Waals surface area contributed by atoms with E-state index in [1.807, 2.05) is 11.1 Å². The highest BCUT2D eigenvalue weighted by Gasteiger charge is 2.23. The molecule has 0 unspecified atom stereocenters. The summed E-state index contributed by atoms with van der Waals surface area (Å²) in [5, 5.41) is 0. The minimum Gasteiger partial charge on any atom is -0.336 e. The molecule has 2 aliphatic heterocycles. The van der Waals surface area contributed by atoms with Gasteiger partial charge in [0.1, 0.15) is 6.33 Å². The number of likely N-dealkylation sites (tertiary alicyclic amines) is 1. The number of rotatable bonds is 3. The van der Waals surface area contributed by atoms with Crippen LogP contribution in [0.3, 0.4) is 0 Å². The molecule has 114 valence electrons. The summed E-state index contributed by atoms with van der Waals surface area (Å²) >= 11 is 0. The van der Waals surface area contributed by atoms with Crippen molar-refractivity contribution in [3.63, 3.8) is 0 Å². The highest BCUT2D eigenvalue weighted by atomic mass is 16.2. The van der Waals surface area contributed by atoms with E-state index in [-0.39, 0.29) is 5.91 Å². The van der Waals surface area contributed by atoms with Gasteiger partial charge < -0.3 is 9.80 Å². The van der Waals surface area contributed by atoms with Gasteiger partial charge >= 0.3 is 0 Å². The van der Waals surface area contributed by atoms with Gasteiger partial charge in [0.05, 0.1) is 12.2 Å². The normalized spacial score (nSPS) is 20.3. The molecule has 2 aliphatic rings. The van der Waals surface area contributed by atoms with E-state index in [1.165, 1.54) is 31.5 Å². The highest BCUT2D eigenvalue weighted by Crippen LogP contribution is 2.22. The Morgan fingerprint density at radius 2 is 2.14 bits per heavy atom. The molecule has 1 amide bonds. The fourth-order valence-electron chi connectivity index (χ4n) is 3.30. The second kappa shape index (κ2) is 6.52. The predicted octanol–water partition coefficient (Wildman–Crippen LogP) is 1.48. The minimum atomic E-state index is 0.290. The van der Waals surface area contributed by atoms with E-state index in [2.05, 4.69) is 21.9 Å². The zero-order valence-electron chi connectivity index (χ0n) is 12.8. The zero-order valence-corrected chi connectivity index (χ0v) is 12.8. The summed E-state index contributed by atoms with van der Waals surface area (Å²) in [6, 6.07) is 0. The van der Waals surface area contributed by atoms with Crippen molar-refractivity contribution in [1.82, 2.24) is 19.8 Å². The molecule has 0 atom stereocenters. The maximum Gasteiger partial charge on any atom is 0.222 e. The SMILES string of the molecule is CN1CCC(CCC(=O)N2CCc3cncnc3C2)CC1.